The summed E-state index contributed by atoms with van der Waals surface area (Å²) < 4.78 is 6.11. The Hall–Kier alpha value is -0.770. The molecule has 2 aliphatic rings. The summed E-state index contributed by atoms with van der Waals surface area (Å²) in [6.07, 6.45) is -1.99. The molecule has 0 aromatic heterocycles. The van der Waals surface area contributed by atoms with Crippen LogP contribution in [0.4, 0.5) is 0 Å². The van der Waals surface area contributed by atoms with Gasteiger partial charge in [-0.3, -0.25) is 4.79 Å². The van der Waals surface area contributed by atoms with Crippen molar-refractivity contribution >= 4 is 5.91 Å². The second-order valence-corrected chi connectivity index (χ2v) is 8.12. The molecule has 0 aromatic rings. The van der Waals surface area contributed by atoms with Gasteiger partial charge in [-0.05, 0) is 30.6 Å². The van der Waals surface area contributed by atoms with E-state index in [1.165, 1.54) is 6.92 Å². The molecule has 0 radical (unpaired) electrons. The van der Waals surface area contributed by atoms with Gasteiger partial charge < -0.3 is 36.2 Å². The van der Waals surface area contributed by atoms with E-state index in [1.807, 2.05) is 13.8 Å². The SMILES string of the molecule is CC(=O)NC1C(C)CC(CO)C(OC2CC(CO)C(C)C(O)C2N)C1O. The fourth-order valence-electron chi connectivity index (χ4n) is 4.52. The van der Waals surface area contributed by atoms with Crippen molar-refractivity contribution in [3.8, 4) is 0 Å². The lowest BCUT2D eigenvalue weighted by Gasteiger charge is -2.48. The van der Waals surface area contributed by atoms with E-state index in [2.05, 4.69) is 5.32 Å². The van der Waals surface area contributed by atoms with E-state index < -0.39 is 36.5 Å². The zero-order valence-corrected chi connectivity index (χ0v) is 15.8. The molecular formula is C18H34N2O6. The fourth-order valence-corrected chi connectivity index (χ4v) is 4.52. The molecule has 0 aromatic carbocycles. The first-order valence-electron chi connectivity index (χ1n) is 9.47. The Morgan fingerprint density at radius 3 is 2.27 bits per heavy atom. The van der Waals surface area contributed by atoms with Crippen molar-refractivity contribution in [2.75, 3.05) is 13.2 Å². The van der Waals surface area contributed by atoms with E-state index in [1.54, 1.807) is 0 Å². The average molecular weight is 374 g/mol. The van der Waals surface area contributed by atoms with Crippen LogP contribution in [0, 0.1) is 23.7 Å². The zero-order chi connectivity index (χ0) is 19.6. The Bertz CT molecular complexity index is 477. The summed E-state index contributed by atoms with van der Waals surface area (Å²) in [4.78, 5) is 11.5. The lowest BCUT2D eigenvalue weighted by Crippen LogP contribution is -2.62. The highest BCUT2D eigenvalue weighted by molar-refractivity contribution is 5.73. The highest BCUT2D eigenvalue weighted by atomic mass is 16.5. The third kappa shape index (κ3) is 4.37. The smallest absolute Gasteiger partial charge is 0.217 e. The summed E-state index contributed by atoms with van der Waals surface area (Å²) in [5.74, 6) is -0.829. The van der Waals surface area contributed by atoms with E-state index in [0.29, 0.717) is 12.8 Å². The van der Waals surface area contributed by atoms with Crippen LogP contribution in [0.25, 0.3) is 0 Å². The Morgan fingerprint density at radius 2 is 1.73 bits per heavy atom. The molecule has 0 bridgehead atoms. The lowest BCUT2D eigenvalue weighted by molar-refractivity contribution is -0.179. The molecule has 0 saturated heterocycles. The van der Waals surface area contributed by atoms with Crippen molar-refractivity contribution in [2.45, 2.75) is 70.1 Å². The first-order chi connectivity index (χ1) is 12.2. The number of ether oxygens (including phenoxy) is 1. The number of aliphatic hydroxyl groups excluding tert-OH is 4. The number of nitrogens with two attached hydrogens (primary N) is 1. The van der Waals surface area contributed by atoms with Crippen LogP contribution in [0.3, 0.4) is 0 Å². The monoisotopic (exact) mass is 374 g/mol. The Balaban J connectivity index is 2.16. The van der Waals surface area contributed by atoms with Crippen molar-refractivity contribution in [2.24, 2.45) is 29.4 Å². The molecule has 1 amide bonds. The van der Waals surface area contributed by atoms with E-state index in [9.17, 15) is 25.2 Å². The molecule has 10 unspecified atom stereocenters. The largest absolute Gasteiger partial charge is 0.396 e. The summed E-state index contributed by atoms with van der Waals surface area (Å²) in [6.45, 7) is 4.94. The van der Waals surface area contributed by atoms with Gasteiger partial charge in [0, 0.05) is 26.1 Å². The van der Waals surface area contributed by atoms with E-state index in [0.717, 1.165) is 0 Å². The molecule has 2 rings (SSSR count). The molecule has 7 N–H and O–H groups in total. The van der Waals surface area contributed by atoms with Crippen LogP contribution in [0.5, 0.6) is 0 Å². The number of aliphatic hydroxyl groups is 4. The van der Waals surface area contributed by atoms with Gasteiger partial charge in [-0.1, -0.05) is 13.8 Å². The first kappa shape index (κ1) is 21.5. The van der Waals surface area contributed by atoms with Crippen LogP contribution >= 0.6 is 0 Å². The van der Waals surface area contributed by atoms with Crippen LogP contribution in [0.15, 0.2) is 0 Å². The van der Waals surface area contributed by atoms with Gasteiger partial charge in [0.15, 0.2) is 0 Å². The summed E-state index contributed by atoms with van der Waals surface area (Å²) in [5.41, 5.74) is 6.15. The Labute approximate surface area is 154 Å². The van der Waals surface area contributed by atoms with Crippen LogP contribution in [0.1, 0.15) is 33.6 Å². The topological polar surface area (TPSA) is 145 Å². The maximum Gasteiger partial charge on any atom is 0.217 e. The molecular weight excluding hydrogens is 340 g/mol. The molecule has 2 saturated carbocycles. The molecule has 2 aliphatic carbocycles. The van der Waals surface area contributed by atoms with Crippen molar-refractivity contribution in [1.82, 2.24) is 5.32 Å². The second-order valence-electron chi connectivity index (χ2n) is 8.12. The van der Waals surface area contributed by atoms with Crippen molar-refractivity contribution in [3.05, 3.63) is 0 Å². The van der Waals surface area contributed by atoms with E-state index in [4.69, 9.17) is 10.5 Å². The number of hydrogen-bond acceptors (Lipinski definition) is 7. The third-order valence-corrected chi connectivity index (χ3v) is 6.27. The number of rotatable bonds is 5. The Morgan fingerprint density at radius 1 is 1.12 bits per heavy atom. The van der Waals surface area contributed by atoms with Gasteiger partial charge in [-0.15, -0.1) is 0 Å². The normalized spacial score (nSPS) is 46.8. The van der Waals surface area contributed by atoms with Gasteiger partial charge in [0.25, 0.3) is 0 Å². The zero-order valence-electron chi connectivity index (χ0n) is 15.8. The highest BCUT2D eigenvalue weighted by Gasteiger charge is 2.47. The maximum absolute atomic E-state index is 11.5. The minimum atomic E-state index is -0.990. The first-order valence-corrected chi connectivity index (χ1v) is 9.47. The average Bonchev–Trinajstić information content (AvgIpc) is 2.60. The molecule has 26 heavy (non-hydrogen) atoms. The summed E-state index contributed by atoms with van der Waals surface area (Å²) in [5, 5.41) is 43.3. The molecule has 0 aliphatic heterocycles. The molecule has 2 fully saturated rings. The predicted molar refractivity (Wildman–Crippen MR) is 95.0 cm³/mol. The van der Waals surface area contributed by atoms with Gasteiger partial charge >= 0.3 is 0 Å². The standard InChI is InChI=1S/C18H34N2O6/c1-8-4-12(7-22)18(17(25)15(8)20-10(3)23)26-13-5-11(6-21)9(2)16(24)14(13)19/h8-9,11-18,21-22,24-25H,4-7,19H2,1-3H3,(H,20,23). The number of hydrogen-bond donors (Lipinski definition) is 6. The fraction of sp³-hybridized carbons (Fsp3) is 0.944. The molecule has 0 heterocycles. The van der Waals surface area contributed by atoms with E-state index in [-0.39, 0.29) is 42.8 Å². The van der Waals surface area contributed by atoms with Gasteiger partial charge in [-0.2, -0.15) is 0 Å². The van der Waals surface area contributed by atoms with Crippen molar-refractivity contribution in [1.29, 1.82) is 0 Å². The van der Waals surface area contributed by atoms with Gasteiger partial charge in [0.2, 0.25) is 5.91 Å². The second kappa shape index (κ2) is 8.95. The summed E-state index contributed by atoms with van der Waals surface area (Å²) in [7, 11) is 0. The van der Waals surface area contributed by atoms with Gasteiger partial charge in [-0.25, -0.2) is 0 Å². The van der Waals surface area contributed by atoms with Gasteiger partial charge in [0.1, 0.15) is 6.10 Å². The molecule has 8 nitrogen and oxygen atoms in total. The number of amides is 1. The Kier molecular flexibility index (Phi) is 7.41. The number of carbonyl (C=O) groups is 1. The minimum absolute atomic E-state index is 0.0123. The van der Waals surface area contributed by atoms with Crippen molar-refractivity contribution in [3.63, 3.8) is 0 Å². The van der Waals surface area contributed by atoms with Crippen molar-refractivity contribution < 1.29 is 30.0 Å². The molecule has 152 valence electrons. The maximum atomic E-state index is 11.5. The predicted octanol–water partition coefficient (Wildman–Crippen LogP) is -1.41. The molecule has 0 spiro atoms. The number of carbonyl (C=O) groups excluding carboxylic acids is 1. The summed E-state index contributed by atoms with van der Waals surface area (Å²) >= 11 is 0. The van der Waals surface area contributed by atoms with Crippen LogP contribution in [0.2, 0.25) is 0 Å². The van der Waals surface area contributed by atoms with Crippen LogP contribution in [-0.4, -0.2) is 76.0 Å². The highest BCUT2D eigenvalue weighted by Crippen LogP contribution is 2.36. The quantitative estimate of drug-likeness (QED) is 0.347. The van der Waals surface area contributed by atoms with Gasteiger partial charge in [0.05, 0.1) is 30.4 Å². The third-order valence-electron chi connectivity index (χ3n) is 6.27. The number of nitrogens with one attached hydrogen (secondary N) is 1. The lowest BCUT2D eigenvalue weighted by atomic mass is 9.73. The minimum Gasteiger partial charge on any atom is -0.396 e. The summed E-state index contributed by atoms with van der Waals surface area (Å²) in [6, 6.07) is -1.12. The van der Waals surface area contributed by atoms with Crippen LogP contribution in [-0.2, 0) is 9.53 Å². The molecule has 10 atom stereocenters. The van der Waals surface area contributed by atoms with E-state index >= 15 is 0 Å². The van der Waals surface area contributed by atoms with Crippen LogP contribution < -0.4 is 11.1 Å². The molecule has 8 heteroatoms.